The van der Waals surface area contributed by atoms with Crippen LogP contribution < -0.4 is 10.2 Å². The molecule has 126 valence electrons. The highest BCUT2D eigenvalue weighted by Gasteiger charge is 2.11. The lowest BCUT2D eigenvalue weighted by Gasteiger charge is -2.06. The summed E-state index contributed by atoms with van der Waals surface area (Å²) in [6, 6.07) is 16.3. The van der Waals surface area contributed by atoms with Crippen LogP contribution in [-0.2, 0) is 0 Å². The molecule has 0 saturated carbocycles. The molecule has 2 N–H and O–H groups in total. The number of hydrazone groups is 1. The number of phenolic OH excluding ortho intramolecular Hbond substituents is 1. The van der Waals surface area contributed by atoms with E-state index in [0.717, 1.165) is 27.6 Å². The van der Waals surface area contributed by atoms with Gasteiger partial charge in [0.25, 0.3) is 5.91 Å². The molecule has 5 heteroatoms. The van der Waals surface area contributed by atoms with E-state index < -0.39 is 5.91 Å². The Balaban J connectivity index is 1.77. The smallest absolute Gasteiger partial charge is 0.275 e. The Morgan fingerprint density at radius 1 is 1.12 bits per heavy atom. The van der Waals surface area contributed by atoms with Crippen molar-refractivity contribution in [2.75, 3.05) is 7.11 Å². The van der Waals surface area contributed by atoms with Gasteiger partial charge in [0.05, 0.1) is 18.9 Å². The fourth-order valence-corrected chi connectivity index (χ4v) is 2.55. The van der Waals surface area contributed by atoms with Crippen LogP contribution in [0.1, 0.15) is 21.5 Å². The highest BCUT2D eigenvalue weighted by molar-refractivity contribution is 6.01. The maximum atomic E-state index is 12.3. The molecule has 5 nitrogen and oxygen atoms in total. The first-order valence-electron chi connectivity index (χ1n) is 7.78. The number of nitrogens with one attached hydrogen (secondary N) is 1. The van der Waals surface area contributed by atoms with E-state index in [4.69, 9.17) is 4.74 Å². The van der Waals surface area contributed by atoms with Crippen molar-refractivity contribution < 1.29 is 14.6 Å². The van der Waals surface area contributed by atoms with Crippen LogP contribution in [0.5, 0.6) is 11.5 Å². The number of hydrogen-bond donors (Lipinski definition) is 2. The number of carbonyl (C=O) groups excluding carboxylic acids is 1. The lowest BCUT2D eigenvalue weighted by Crippen LogP contribution is -2.17. The summed E-state index contributed by atoms with van der Waals surface area (Å²) in [7, 11) is 1.60. The van der Waals surface area contributed by atoms with E-state index in [1.165, 1.54) is 6.21 Å². The molecule has 0 aliphatic heterocycles. The summed E-state index contributed by atoms with van der Waals surface area (Å²) in [5.41, 5.74) is 4.43. The molecule has 0 heterocycles. The van der Waals surface area contributed by atoms with Gasteiger partial charge in [-0.3, -0.25) is 4.79 Å². The minimum absolute atomic E-state index is 0.0802. The molecule has 1 amide bonds. The summed E-state index contributed by atoms with van der Waals surface area (Å²) in [4.78, 5) is 12.3. The molecule has 0 spiro atoms. The fourth-order valence-electron chi connectivity index (χ4n) is 2.55. The number of hydrogen-bond acceptors (Lipinski definition) is 4. The summed E-state index contributed by atoms with van der Waals surface area (Å²) in [6.45, 7) is 1.95. The van der Waals surface area contributed by atoms with E-state index in [1.807, 2.05) is 49.4 Å². The van der Waals surface area contributed by atoms with Crippen LogP contribution in [0, 0.1) is 6.92 Å². The zero-order chi connectivity index (χ0) is 17.8. The number of rotatable bonds is 4. The quantitative estimate of drug-likeness (QED) is 0.565. The Bertz CT molecular complexity index is 964. The van der Waals surface area contributed by atoms with Gasteiger partial charge in [-0.05, 0) is 47.0 Å². The van der Waals surface area contributed by atoms with Gasteiger partial charge in [0.15, 0.2) is 0 Å². The topological polar surface area (TPSA) is 70.9 Å². The lowest BCUT2D eigenvalue weighted by molar-refractivity contribution is 0.0952. The van der Waals surface area contributed by atoms with E-state index in [0.29, 0.717) is 0 Å². The summed E-state index contributed by atoms with van der Waals surface area (Å²) < 4.78 is 5.26. The predicted octanol–water partition coefficient (Wildman–Crippen LogP) is 3.63. The Hall–Kier alpha value is -3.34. The number of aryl methyl sites for hydroxylation is 1. The number of methoxy groups -OCH3 is 1. The van der Waals surface area contributed by atoms with Crippen LogP contribution in [-0.4, -0.2) is 24.3 Å². The number of amides is 1. The van der Waals surface area contributed by atoms with E-state index in [9.17, 15) is 9.90 Å². The van der Waals surface area contributed by atoms with Crippen molar-refractivity contribution in [1.82, 2.24) is 5.43 Å². The van der Waals surface area contributed by atoms with E-state index in [1.54, 1.807) is 19.2 Å². The number of benzene rings is 3. The Morgan fingerprint density at radius 3 is 2.56 bits per heavy atom. The average Bonchev–Trinajstić information content (AvgIpc) is 2.62. The molecular formula is C20H18N2O3. The normalized spacial score (nSPS) is 11.0. The molecule has 3 aromatic carbocycles. The van der Waals surface area contributed by atoms with Crippen molar-refractivity contribution >= 4 is 22.9 Å². The van der Waals surface area contributed by atoms with E-state index >= 15 is 0 Å². The molecule has 0 atom stereocenters. The Labute approximate surface area is 145 Å². The van der Waals surface area contributed by atoms with Gasteiger partial charge >= 0.3 is 0 Å². The number of aromatic hydroxyl groups is 1. The molecular weight excluding hydrogens is 316 g/mol. The van der Waals surface area contributed by atoms with Crippen molar-refractivity contribution in [3.05, 3.63) is 71.3 Å². The number of fused-ring (bicyclic) bond motifs is 1. The zero-order valence-electron chi connectivity index (χ0n) is 14.0. The van der Waals surface area contributed by atoms with Gasteiger partial charge in [-0.2, -0.15) is 5.10 Å². The molecule has 0 aliphatic rings. The Kier molecular flexibility index (Phi) is 4.66. The van der Waals surface area contributed by atoms with Crippen molar-refractivity contribution in [3.8, 4) is 11.5 Å². The van der Waals surface area contributed by atoms with E-state index in [-0.39, 0.29) is 11.3 Å². The molecule has 0 bridgehead atoms. The maximum absolute atomic E-state index is 12.3. The SMILES string of the molecule is COc1cc(C=NNC(=O)c2cc3ccccc3cc2O)ccc1C. The third kappa shape index (κ3) is 3.61. The van der Waals surface area contributed by atoms with Gasteiger partial charge in [-0.1, -0.05) is 36.4 Å². The molecule has 0 aliphatic carbocycles. The number of carbonyl (C=O) groups is 1. The van der Waals surface area contributed by atoms with Crippen molar-refractivity contribution in [2.24, 2.45) is 5.10 Å². The van der Waals surface area contributed by atoms with Crippen LogP contribution in [0.2, 0.25) is 0 Å². The third-order valence-corrected chi connectivity index (χ3v) is 3.92. The fraction of sp³-hybridized carbons (Fsp3) is 0.100. The third-order valence-electron chi connectivity index (χ3n) is 3.92. The molecule has 3 aromatic rings. The van der Waals surface area contributed by atoms with E-state index in [2.05, 4.69) is 10.5 Å². The first-order valence-corrected chi connectivity index (χ1v) is 7.78. The Morgan fingerprint density at radius 2 is 1.84 bits per heavy atom. The average molecular weight is 334 g/mol. The monoisotopic (exact) mass is 334 g/mol. The highest BCUT2D eigenvalue weighted by atomic mass is 16.5. The van der Waals surface area contributed by atoms with Gasteiger partial charge in [0, 0.05) is 0 Å². The van der Waals surface area contributed by atoms with Gasteiger partial charge in [-0.25, -0.2) is 5.43 Å². The second kappa shape index (κ2) is 7.05. The number of ether oxygens (including phenoxy) is 1. The van der Waals surface area contributed by atoms with Gasteiger partial charge in [-0.15, -0.1) is 0 Å². The maximum Gasteiger partial charge on any atom is 0.275 e. The minimum Gasteiger partial charge on any atom is -0.507 e. The van der Waals surface area contributed by atoms with Crippen LogP contribution in [0.4, 0.5) is 0 Å². The summed E-state index contributed by atoms with van der Waals surface area (Å²) in [5, 5.41) is 15.8. The first kappa shape index (κ1) is 16.5. The summed E-state index contributed by atoms with van der Waals surface area (Å²) in [6.07, 6.45) is 1.53. The largest absolute Gasteiger partial charge is 0.507 e. The predicted molar refractivity (Wildman–Crippen MR) is 98.4 cm³/mol. The van der Waals surface area contributed by atoms with Gasteiger partial charge < -0.3 is 9.84 Å². The van der Waals surface area contributed by atoms with Gasteiger partial charge in [0.1, 0.15) is 11.5 Å². The van der Waals surface area contributed by atoms with Gasteiger partial charge in [0.2, 0.25) is 0 Å². The molecule has 0 saturated heterocycles. The molecule has 0 aromatic heterocycles. The summed E-state index contributed by atoms with van der Waals surface area (Å²) >= 11 is 0. The second-order valence-corrected chi connectivity index (χ2v) is 5.64. The number of nitrogens with zero attached hydrogens (tertiary/aromatic N) is 1. The van der Waals surface area contributed by atoms with Crippen molar-refractivity contribution in [3.63, 3.8) is 0 Å². The van der Waals surface area contributed by atoms with Crippen molar-refractivity contribution in [1.29, 1.82) is 0 Å². The van der Waals surface area contributed by atoms with Crippen molar-refractivity contribution in [2.45, 2.75) is 6.92 Å². The van der Waals surface area contributed by atoms with Crippen LogP contribution >= 0.6 is 0 Å². The molecule has 0 radical (unpaired) electrons. The minimum atomic E-state index is -0.474. The molecule has 0 unspecified atom stereocenters. The second-order valence-electron chi connectivity index (χ2n) is 5.64. The molecule has 3 rings (SSSR count). The van der Waals surface area contributed by atoms with Crippen LogP contribution in [0.3, 0.4) is 0 Å². The highest BCUT2D eigenvalue weighted by Crippen LogP contribution is 2.24. The summed E-state index contributed by atoms with van der Waals surface area (Å²) in [5.74, 6) is 0.199. The standard InChI is InChI=1S/C20H18N2O3/c1-13-7-8-14(9-19(13)25-2)12-21-22-20(24)17-10-15-5-3-4-6-16(15)11-18(17)23/h3-12,23H,1-2H3,(H,22,24). The number of phenols is 1. The molecule has 0 fully saturated rings. The zero-order valence-corrected chi connectivity index (χ0v) is 14.0. The lowest BCUT2D eigenvalue weighted by atomic mass is 10.1. The molecule has 25 heavy (non-hydrogen) atoms. The van der Waals surface area contributed by atoms with Crippen LogP contribution in [0.25, 0.3) is 10.8 Å². The van der Waals surface area contributed by atoms with Crippen LogP contribution in [0.15, 0.2) is 59.7 Å². The first-order chi connectivity index (χ1) is 12.1.